The summed E-state index contributed by atoms with van der Waals surface area (Å²) in [5.41, 5.74) is 0.846. The lowest BCUT2D eigenvalue weighted by atomic mass is 10.2. The zero-order valence-electron chi connectivity index (χ0n) is 10.7. The van der Waals surface area contributed by atoms with Crippen LogP contribution in [-0.4, -0.2) is 31.0 Å². The van der Waals surface area contributed by atoms with Crippen LogP contribution in [0.1, 0.15) is 20.8 Å². The third-order valence-corrected chi connectivity index (χ3v) is 2.15. The minimum Gasteiger partial charge on any atom is -0.494 e. The molecule has 4 heteroatoms. The minimum atomic E-state index is -0.403. The monoisotopic (exact) mass is 239 g/mol. The lowest BCUT2D eigenvalue weighted by Gasteiger charge is -2.15. The molecule has 0 saturated carbocycles. The van der Waals surface area contributed by atoms with E-state index >= 15 is 0 Å². The zero-order chi connectivity index (χ0) is 12.7. The maximum absolute atomic E-state index is 9.27. The molecule has 0 heterocycles. The third kappa shape index (κ3) is 4.53. The predicted molar refractivity (Wildman–Crippen MR) is 69.0 cm³/mol. The molecule has 0 aliphatic carbocycles. The van der Waals surface area contributed by atoms with Gasteiger partial charge in [0.2, 0.25) is 0 Å². The molecule has 0 saturated heterocycles. The van der Waals surface area contributed by atoms with E-state index in [0.29, 0.717) is 19.8 Å². The lowest BCUT2D eigenvalue weighted by molar-refractivity contribution is 0.208. The van der Waals surface area contributed by atoms with E-state index in [-0.39, 0.29) is 0 Å². The van der Waals surface area contributed by atoms with Gasteiger partial charge in [-0.1, -0.05) is 0 Å². The zero-order valence-corrected chi connectivity index (χ0v) is 10.7. The van der Waals surface area contributed by atoms with Crippen molar-refractivity contribution in [2.75, 3.05) is 25.1 Å². The summed E-state index contributed by atoms with van der Waals surface area (Å²) in [4.78, 5) is 0. The average Bonchev–Trinajstić information content (AvgIpc) is 2.29. The van der Waals surface area contributed by atoms with Gasteiger partial charge < -0.3 is 19.9 Å². The highest BCUT2D eigenvalue weighted by atomic mass is 16.5. The summed E-state index contributed by atoms with van der Waals surface area (Å²) in [5, 5.41) is 12.4. The van der Waals surface area contributed by atoms with Gasteiger partial charge in [0.05, 0.1) is 25.0 Å². The fourth-order valence-electron chi connectivity index (χ4n) is 1.44. The molecular formula is C13H21NO3. The van der Waals surface area contributed by atoms with Gasteiger partial charge in [0.25, 0.3) is 0 Å². The molecule has 0 aliphatic heterocycles. The van der Waals surface area contributed by atoms with Crippen LogP contribution >= 0.6 is 0 Å². The molecule has 0 amide bonds. The van der Waals surface area contributed by atoms with Crippen molar-refractivity contribution in [1.82, 2.24) is 0 Å². The number of hydrogen-bond donors (Lipinski definition) is 2. The number of aliphatic hydroxyl groups excluding tert-OH is 1. The van der Waals surface area contributed by atoms with Crippen LogP contribution in [-0.2, 0) is 0 Å². The molecule has 1 aromatic carbocycles. The summed E-state index contributed by atoms with van der Waals surface area (Å²) < 4.78 is 10.9. The first kappa shape index (κ1) is 13.6. The van der Waals surface area contributed by atoms with E-state index in [0.717, 1.165) is 17.2 Å². The predicted octanol–water partition coefficient (Wildman–Crippen LogP) is 2.28. The van der Waals surface area contributed by atoms with Crippen molar-refractivity contribution >= 4 is 5.69 Å². The van der Waals surface area contributed by atoms with Gasteiger partial charge in [-0.05, 0) is 32.9 Å². The summed E-state index contributed by atoms with van der Waals surface area (Å²) in [5.74, 6) is 1.57. The molecular weight excluding hydrogens is 218 g/mol. The third-order valence-electron chi connectivity index (χ3n) is 2.15. The molecule has 0 unspecified atom stereocenters. The van der Waals surface area contributed by atoms with Crippen LogP contribution in [0.2, 0.25) is 0 Å². The number of rotatable bonds is 7. The molecule has 96 valence electrons. The highest BCUT2D eigenvalue weighted by molar-refractivity contribution is 5.59. The summed E-state index contributed by atoms with van der Waals surface area (Å²) in [6.45, 7) is 7.34. The second-order valence-electron chi connectivity index (χ2n) is 3.75. The molecule has 2 N–H and O–H groups in total. The van der Waals surface area contributed by atoms with Crippen molar-refractivity contribution in [2.24, 2.45) is 0 Å². The summed E-state index contributed by atoms with van der Waals surface area (Å²) in [6, 6.07) is 5.64. The van der Waals surface area contributed by atoms with Crippen molar-refractivity contribution in [3.63, 3.8) is 0 Å². The van der Waals surface area contributed by atoms with Gasteiger partial charge in [-0.15, -0.1) is 0 Å². The van der Waals surface area contributed by atoms with Gasteiger partial charge in [0, 0.05) is 12.6 Å². The second kappa shape index (κ2) is 7.01. The topological polar surface area (TPSA) is 50.7 Å². The Morgan fingerprint density at radius 3 is 2.53 bits per heavy atom. The first-order valence-electron chi connectivity index (χ1n) is 5.99. The molecule has 1 atom stereocenters. The van der Waals surface area contributed by atoms with Crippen molar-refractivity contribution in [3.8, 4) is 11.5 Å². The molecule has 0 aromatic heterocycles. The minimum absolute atomic E-state index is 0.403. The van der Waals surface area contributed by atoms with Crippen LogP contribution in [0.4, 0.5) is 5.69 Å². The Kier molecular flexibility index (Phi) is 5.63. The summed E-state index contributed by atoms with van der Waals surface area (Å²) in [6.07, 6.45) is -0.403. The average molecular weight is 239 g/mol. The first-order chi connectivity index (χ1) is 8.17. The number of ether oxygens (including phenoxy) is 2. The number of hydrogen-bond acceptors (Lipinski definition) is 4. The van der Waals surface area contributed by atoms with Gasteiger partial charge in [0.1, 0.15) is 11.5 Å². The normalized spacial score (nSPS) is 12.0. The molecule has 1 aromatic rings. The van der Waals surface area contributed by atoms with Crippen LogP contribution in [0.15, 0.2) is 18.2 Å². The number of nitrogens with one attached hydrogen (secondary N) is 1. The maximum Gasteiger partial charge on any atom is 0.142 e. The van der Waals surface area contributed by atoms with E-state index in [1.165, 1.54) is 0 Å². The standard InChI is InChI=1S/C13H21NO3/c1-4-16-11-6-7-13(17-5-2)12(8-11)14-9-10(3)15/h6-8,10,14-15H,4-5,9H2,1-3H3/t10-/m0/s1. The Morgan fingerprint density at radius 1 is 1.24 bits per heavy atom. The van der Waals surface area contributed by atoms with Crippen molar-refractivity contribution in [2.45, 2.75) is 26.9 Å². The quantitative estimate of drug-likeness (QED) is 0.766. The van der Waals surface area contributed by atoms with E-state index < -0.39 is 6.10 Å². The Hall–Kier alpha value is -1.42. The number of aliphatic hydroxyl groups is 1. The van der Waals surface area contributed by atoms with E-state index in [9.17, 15) is 5.11 Å². The Balaban J connectivity index is 2.81. The van der Waals surface area contributed by atoms with E-state index in [1.54, 1.807) is 6.92 Å². The Bertz CT molecular complexity index is 339. The van der Waals surface area contributed by atoms with Gasteiger partial charge in [-0.25, -0.2) is 0 Å². The number of benzene rings is 1. The van der Waals surface area contributed by atoms with Crippen LogP contribution < -0.4 is 14.8 Å². The fourth-order valence-corrected chi connectivity index (χ4v) is 1.44. The summed E-state index contributed by atoms with van der Waals surface area (Å²) >= 11 is 0. The Labute approximate surface area is 103 Å². The van der Waals surface area contributed by atoms with Crippen molar-refractivity contribution < 1.29 is 14.6 Å². The van der Waals surface area contributed by atoms with Crippen LogP contribution in [0, 0.1) is 0 Å². The molecule has 0 radical (unpaired) electrons. The summed E-state index contributed by atoms with van der Waals surface area (Å²) in [7, 11) is 0. The first-order valence-corrected chi connectivity index (χ1v) is 5.99. The van der Waals surface area contributed by atoms with Crippen molar-refractivity contribution in [1.29, 1.82) is 0 Å². The molecule has 0 aliphatic rings. The molecule has 0 fully saturated rings. The van der Waals surface area contributed by atoms with Gasteiger partial charge in [-0.2, -0.15) is 0 Å². The largest absolute Gasteiger partial charge is 0.494 e. The van der Waals surface area contributed by atoms with Crippen LogP contribution in [0.25, 0.3) is 0 Å². The van der Waals surface area contributed by atoms with E-state index in [4.69, 9.17) is 9.47 Å². The molecule has 17 heavy (non-hydrogen) atoms. The molecule has 0 spiro atoms. The number of anilines is 1. The van der Waals surface area contributed by atoms with E-state index in [1.807, 2.05) is 32.0 Å². The van der Waals surface area contributed by atoms with Gasteiger partial charge in [0.15, 0.2) is 0 Å². The van der Waals surface area contributed by atoms with Crippen LogP contribution in [0.3, 0.4) is 0 Å². The maximum atomic E-state index is 9.27. The van der Waals surface area contributed by atoms with Crippen LogP contribution in [0.5, 0.6) is 11.5 Å². The highest BCUT2D eigenvalue weighted by Crippen LogP contribution is 2.29. The highest BCUT2D eigenvalue weighted by Gasteiger charge is 2.06. The van der Waals surface area contributed by atoms with Gasteiger partial charge in [-0.3, -0.25) is 0 Å². The lowest BCUT2D eigenvalue weighted by Crippen LogP contribution is -2.16. The molecule has 1 rings (SSSR count). The molecule has 0 bridgehead atoms. The smallest absolute Gasteiger partial charge is 0.142 e. The van der Waals surface area contributed by atoms with Crippen molar-refractivity contribution in [3.05, 3.63) is 18.2 Å². The Morgan fingerprint density at radius 2 is 1.94 bits per heavy atom. The fraction of sp³-hybridized carbons (Fsp3) is 0.538. The molecule has 4 nitrogen and oxygen atoms in total. The van der Waals surface area contributed by atoms with Gasteiger partial charge >= 0.3 is 0 Å². The second-order valence-corrected chi connectivity index (χ2v) is 3.75. The van der Waals surface area contributed by atoms with E-state index in [2.05, 4.69) is 5.32 Å². The SMILES string of the molecule is CCOc1ccc(OCC)c(NC[C@H](C)O)c1.